The van der Waals surface area contributed by atoms with Crippen LogP contribution in [0.25, 0.3) is 0 Å². The van der Waals surface area contributed by atoms with Gasteiger partial charge < -0.3 is 30.3 Å². The quantitative estimate of drug-likeness (QED) is 0.0778. The first kappa shape index (κ1) is 39.3. The van der Waals surface area contributed by atoms with Gasteiger partial charge in [-0.15, -0.1) is 0 Å². The number of rotatable bonds is 12. The Labute approximate surface area is 223 Å². The van der Waals surface area contributed by atoms with E-state index in [0.29, 0.717) is 19.4 Å². The second-order valence-corrected chi connectivity index (χ2v) is 9.38. The lowest BCUT2D eigenvalue weighted by atomic mass is 9.63. The van der Waals surface area contributed by atoms with Crippen molar-refractivity contribution in [2.75, 3.05) is 33.0 Å². The molecule has 2 atom stereocenters. The number of carbonyl (C=O) groups excluding carboxylic acids is 3. The average molecular weight is 547 g/mol. The summed E-state index contributed by atoms with van der Waals surface area (Å²) in [5.74, 6) is -2.24. The van der Waals surface area contributed by atoms with Crippen molar-refractivity contribution in [3.05, 3.63) is 12.7 Å². The molecule has 5 N–H and O–H groups in total. The van der Waals surface area contributed by atoms with Crippen LogP contribution in [0.4, 0.5) is 0 Å². The van der Waals surface area contributed by atoms with Gasteiger partial charge in [-0.2, -0.15) is 0 Å². The maximum atomic E-state index is 10.3. The molecule has 218 valence electrons. The number of isocyanates is 2. The molecule has 1 rings (SSSR count). The first-order valence-corrected chi connectivity index (χ1v) is 11.9. The minimum Gasteiger partial charge on any atom is -0.481 e. The zero-order valence-corrected chi connectivity index (χ0v) is 22.4. The molecule has 0 aromatic rings. The smallest absolute Gasteiger partial charge is 0.330 e. The molecule has 1 aliphatic carbocycles. The van der Waals surface area contributed by atoms with Gasteiger partial charge in [-0.25, -0.2) is 24.4 Å². The molecule has 1 aliphatic rings. The SMILES string of the molecule is C=CC(=O)OCCO.CC1(C)CC(N=C=O)CC(C)(CN=C=O)C1.O=C(O)CCCCC(=O)O.OCCO. The van der Waals surface area contributed by atoms with E-state index in [0.717, 1.165) is 25.3 Å². The zero-order chi connectivity index (χ0) is 30.0. The summed E-state index contributed by atoms with van der Waals surface area (Å²) in [6.45, 7) is 9.67. The fourth-order valence-corrected chi connectivity index (χ4v) is 3.85. The molecule has 13 heteroatoms. The number of carboxylic acids is 2. The van der Waals surface area contributed by atoms with Gasteiger partial charge in [0.1, 0.15) is 6.61 Å². The lowest BCUT2D eigenvalue weighted by Crippen LogP contribution is -2.39. The Kier molecular flexibility index (Phi) is 25.0. The molecule has 1 saturated carbocycles. The van der Waals surface area contributed by atoms with Crippen molar-refractivity contribution < 1.29 is 54.2 Å². The van der Waals surface area contributed by atoms with Gasteiger partial charge in [0.15, 0.2) is 0 Å². The van der Waals surface area contributed by atoms with Crippen molar-refractivity contribution in [1.82, 2.24) is 0 Å². The van der Waals surface area contributed by atoms with Crippen LogP contribution in [-0.4, -0.2) is 94.6 Å². The number of aliphatic imine (C=N–C) groups is 2. The number of esters is 1. The summed E-state index contributed by atoms with van der Waals surface area (Å²) in [7, 11) is 0. The molecule has 0 bridgehead atoms. The molecule has 0 aliphatic heterocycles. The number of carboxylic acid groups (broad SMARTS) is 2. The molecule has 0 aromatic carbocycles. The summed E-state index contributed by atoms with van der Waals surface area (Å²) >= 11 is 0. The molecule has 0 radical (unpaired) electrons. The van der Waals surface area contributed by atoms with Crippen LogP contribution < -0.4 is 0 Å². The van der Waals surface area contributed by atoms with Crippen molar-refractivity contribution in [3.63, 3.8) is 0 Å². The third kappa shape index (κ3) is 27.4. The van der Waals surface area contributed by atoms with Crippen molar-refractivity contribution in [3.8, 4) is 0 Å². The molecule has 0 amide bonds. The Morgan fingerprint density at radius 3 is 1.84 bits per heavy atom. The van der Waals surface area contributed by atoms with E-state index in [2.05, 4.69) is 42.1 Å². The molecular formula is C25H42N2O11. The summed E-state index contributed by atoms with van der Waals surface area (Å²) in [5, 5.41) is 39.6. The zero-order valence-electron chi connectivity index (χ0n) is 22.4. The minimum absolute atomic E-state index is 0.00750. The third-order valence-electron chi connectivity index (χ3n) is 4.82. The van der Waals surface area contributed by atoms with Gasteiger partial charge in [0.25, 0.3) is 0 Å². The fraction of sp³-hybridized carbons (Fsp3) is 0.720. The summed E-state index contributed by atoms with van der Waals surface area (Å²) in [4.78, 5) is 57.9. The molecule has 0 heterocycles. The average Bonchev–Trinajstić information content (AvgIpc) is 2.83. The number of hydrogen-bond donors (Lipinski definition) is 5. The van der Waals surface area contributed by atoms with Crippen LogP contribution in [0.5, 0.6) is 0 Å². The van der Waals surface area contributed by atoms with E-state index in [1.807, 2.05) is 0 Å². The summed E-state index contributed by atoms with van der Waals surface area (Å²) in [6.07, 6.45) is 7.95. The topological polar surface area (TPSA) is 220 Å². The van der Waals surface area contributed by atoms with Gasteiger partial charge in [0, 0.05) is 18.9 Å². The second kappa shape index (κ2) is 24.1. The van der Waals surface area contributed by atoms with E-state index in [-0.39, 0.29) is 56.1 Å². The maximum Gasteiger partial charge on any atom is 0.330 e. The Morgan fingerprint density at radius 1 is 0.947 bits per heavy atom. The Balaban J connectivity index is -0.000000480. The number of hydrogen-bond acceptors (Lipinski definition) is 11. The number of carbonyl (C=O) groups is 3. The second-order valence-electron chi connectivity index (χ2n) is 9.38. The summed E-state index contributed by atoms with van der Waals surface area (Å²) in [5.41, 5.74) is 0.0561. The molecule has 0 spiro atoms. The standard InChI is InChI=1S/C12H18N2O2.C6H10O4.C5H8O3.C2H6O2/c1-11(2)4-10(14-9-16)5-12(3,6-11)7-13-8-15;7-5(8)3-1-2-4-6(9)10;1-2-5(7)8-4-3-6;3-1-2-4/h10H,4-7H2,1-3H3;1-4H2,(H,7,8)(H,9,10);2,6H,1,3-4H2;3-4H,1-2H2. The van der Waals surface area contributed by atoms with Crippen LogP contribution in [0, 0.1) is 10.8 Å². The number of aliphatic hydroxyl groups is 3. The maximum absolute atomic E-state index is 10.3. The molecule has 0 saturated heterocycles. The van der Waals surface area contributed by atoms with Crippen LogP contribution in [-0.2, 0) is 28.7 Å². The van der Waals surface area contributed by atoms with Crippen molar-refractivity contribution in [2.24, 2.45) is 20.8 Å². The van der Waals surface area contributed by atoms with E-state index >= 15 is 0 Å². The molecule has 13 nitrogen and oxygen atoms in total. The molecule has 38 heavy (non-hydrogen) atoms. The minimum atomic E-state index is -0.870. The van der Waals surface area contributed by atoms with E-state index in [1.54, 1.807) is 12.2 Å². The highest BCUT2D eigenvalue weighted by atomic mass is 16.5. The van der Waals surface area contributed by atoms with Crippen LogP contribution in [0.1, 0.15) is 65.7 Å². The first-order valence-electron chi connectivity index (χ1n) is 11.9. The molecule has 0 aromatic heterocycles. The van der Waals surface area contributed by atoms with Gasteiger partial charge in [-0.3, -0.25) is 9.59 Å². The number of nitrogens with zero attached hydrogens (tertiary/aromatic N) is 2. The lowest BCUT2D eigenvalue weighted by molar-refractivity contribution is -0.139. The van der Waals surface area contributed by atoms with Crippen molar-refractivity contribution in [2.45, 2.75) is 71.8 Å². The lowest BCUT2D eigenvalue weighted by Gasteiger charge is -2.44. The Hall–Kier alpha value is -3.21. The molecule has 1 fully saturated rings. The fourth-order valence-electron chi connectivity index (χ4n) is 3.85. The van der Waals surface area contributed by atoms with E-state index in [9.17, 15) is 24.0 Å². The molecular weight excluding hydrogens is 504 g/mol. The van der Waals surface area contributed by atoms with E-state index in [1.165, 1.54) is 0 Å². The summed E-state index contributed by atoms with van der Waals surface area (Å²) in [6, 6.07) is 0.00750. The van der Waals surface area contributed by atoms with Crippen molar-refractivity contribution in [1.29, 1.82) is 0 Å². The van der Waals surface area contributed by atoms with E-state index in [4.69, 9.17) is 25.5 Å². The normalized spacial score (nSPS) is 18.5. The van der Waals surface area contributed by atoms with Crippen LogP contribution in [0.3, 0.4) is 0 Å². The summed E-state index contributed by atoms with van der Waals surface area (Å²) < 4.78 is 4.33. The van der Waals surface area contributed by atoms with Gasteiger partial charge >= 0.3 is 17.9 Å². The van der Waals surface area contributed by atoms with Crippen LogP contribution >= 0.6 is 0 Å². The number of aliphatic hydroxyl groups excluding tert-OH is 3. The highest BCUT2D eigenvalue weighted by Crippen LogP contribution is 2.47. The van der Waals surface area contributed by atoms with E-state index < -0.39 is 17.9 Å². The first-order chi connectivity index (χ1) is 17.8. The highest BCUT2D eigenvalue weighted by Gasteiger charge is 2.41. The number of ether oxygens (including phenoxy) is 1. The van der Waals surface area contributed by atoms with Crippen LogP contribution in [0.2, 0.25) is 0 Å². The number of unbranched alkanes of at least 4 members (excludes halogenated alkanes) is 1. The van der Waals surface area contributed by atoms with Crippen molar-refractivity contribution >= 4 is 30.1 Å². The predicted molar refractivity (Wildman–Crippen MR) is 137 cm³/mol. The third-order valence-corrected chi connectivity index (χ3v) is 4.82. The monoisotopic (exact) mass is 546 g/mol. The van der Waals surface area contributed by atoms with Gasteiger partial charge in [-0.05, 0) is 42.9 Å². The van der Waals surface area contributed by atoms with Crippen LogP contribution in [0.15, 0.2) is 22.6 Å². The van der Waals surface area contributed by atoms with Gasteiger partial charge in [0.2, 0.25) is 12.2 Å². The Morgan fingerprint density at radius 2 is 1.47 bits per heavy atom. The highest BCUT2D eigenvalue weighted by molar-refractivity contribution is 5.81. The van der Waals surface area contributed by atoms with Gasteiger partial charge in [0.05, 0.1) is 32.4 Å². The van der Waals surface area contributed by atoms with Gasteiger partial charge in [-0.1, -0.05) is 27.4 Å². The Bertz CT molecular complexity index is 770. The predicted octanol–water partition coefficient (Wildman–Crippen LogP) is 1.64. The largest absolute Gasteiger partial charge is 0.481 e. The molecule has 2 unspecified atom stereocenters. The number of aliphatic carboxylic acids is 2.